The lowest BCUT2D eigenvalue weighted by Crippen LogP contribution is -2.40. The number of aromatic carboxylic acids is 1. The second kappa shape index (κ2) is 20.2. The number of allylic oxidation sites excluding steroid dienone is 1. The van der Waals surface area contributed by atoms with E-state index in [-0.39, 0.29) is 29.8 Å². The lowest BCUT2D eigenvalue weighted by atomic mass is 9.83. The normalized spacial score (nSPS) is 16.8. The minimum Gasteiger partial charge on any atom is -0.481 e. The van der Waals surface area contributed by atoms with E-state index in [1.54, 1.807) is 12.1 Å². The number of anilines is 1. The van der Waals surface area contributed by atoms with Gasteiger partial charge >= 0.3 is 5.97 Å². The number of carboxylic acids is 1. The number of hydrogen-bond acceptors (Lipinski definition) is 9. The van der Waals surface area contributed by atoms with Crippen molar-refractivity contribution in [2.45, 2.75) is 38.2 Å². The van der Waals surface area contributed by atoms with Crippen molar-refractivity contribution in [3.63, 3.8) is 0 Å². The summed E-state index contributed by atoms with van der Waals surface area (Å²) in [7, 11) is 7.88. The van der Waals surface area contributed by atoms with Gasteiger partial charge in [-0.15, -0.1) is 12.4 Å². The summed E-state index contributed by atoms with van der Waals surface area (Å²) in [5, 5.41) is 23.4. The molecule has 12 nitrogen and oxygen atoms in total. The van der Waals surface area contributed by atoms with Gasteiger partial charge in [0.2, 0.25) is 5.91 Å². The smallest absolute Gasteiger partial charge is 0.336 e. The van der Waals surface area contributed by atoms with Crippen LogP contribution in [0.15, 0.2) is 65.9 Å². The monoisotopic (exact) mass is 749 g/mol. The highest BCUT2D eigenvalue weighted by Crippen LogP contribution is 2.44. The summed E-state index contributed by atoms with van der Waals surface area (Å²) in [5.74, 6) is -0.530. The molecule has 2 aromatic carbocycles. The molecule has 0 bridgehead atoms. The van der Waals surface area contributed by atoms with E-state index in [9.17, 15) is 19.5 Å². The van der Waals surface area contributed by atoms with E-state index in [0.717, 1.165) is 99.6 Å². The molecule has 5 N–H and O–H groups in total. The Morgan fingerprint density at radius 1 is 0.849 bits per heavy atom. The van der Waals surface area contributed by atoms with Crippen LogP contribution in [0, 0.1) is 0 Å². The minimum atomic E-state index is -1.10. The minimum absolute atomic E-state index is 0. The molecule has 1 unspecified atom stereocenters. The third kappa shape index (κ3) is 11.1. The van der Waals surface area contributed by atoms with Gasteiger partial charge in [-0.2, -0.15) is 0 Å². The molecule has 0 saturated carbocycles. The maximum absolute atomic E-state index is 13.2. The van der Waals surface area contributed by atoms with Crippen molar-refractivity contribution in [1.82, 2.24) is 31.1 Å². The number of halogens is 1. The maximum atomic E-state index is 13.2. The molecule has 288 valence electrons. The molecule has 0 aromatic heterocycles. The number of ether oxygens (including phenoxy) is 1. The lowest BCUT2D eigenvalue weighted by molar-refractivity contribution is -0.131. The first-order valence-electron chi connectivity index (χ1n) is 18.5. The van der Waals surface area contributed by atoms with Crippen LogP contribution in [0.4, 0.5) is 5.69 Å². The fraction of sp³-hybridized carbons (Fsp3) is 0.475. The Bertz CT molecular complexity index is 1680. The predicted molar refractivity (Wildman–Crippen MR) is 213 cm³/mol. The molecule has 5 rings (SSSR count). The number of rotatable bonds is 15. The second-order valence-corrected chi connectivity index (χ2v) is 13.9. The molecule has 3 aliphatic rings. The largest absolute Gasteiger partial charge is 0.481 e. The molecule has 0 radical (unpaired) electrons. The average Bonchev–Trinajstić information content (AvgIpc) is 3.28. The van der Waals surface area contributed by atoms with Crippen molar-refractivity contribution in [1.29, 1.82) is 0 Å². The first-order chi connectivity index (χ1) is 25.1. The molecule has 2 heterocycles. The highest BCUT2D eigenvalue weighted by atomic mass is 35.5. The maximum Gasteiger partial charge on any atom is 0.336 e. The molecule has 53 heavy (non-hydrogen) atoms. The van der Waals surface area contributed by atoms with E-state index in [1.807, 2.05) is 79.3 Å². The van der Waals surface area contributed by atoms with Gasteiger partial charge in [0.15, 0.2) is 0 Å². The van der Waals surface area contributed by atoms with Gasteiger partial charge < -0.3 is 45.8 Å². The summed E-state index contributed by atoms with van der Waals surface area (Å²) >= 11 is 0. The number of carbonyl (C=O) groups is 3. The molecular weight excluding hydrogens is 694 g/mol. The molecule has 0 spiro atoms. The summed E-state index contributed by atoms with van der Waals surface area (Å²) in [6.45, 7) is 7.04. The van der Waals surface area contributed by atoms with Gasteiger partial charge in [0.05, 0.1) is 5.56 Å². The summed E-state index contributed by atoms with van der Waals surface area (Å²) < 4.78 is 6.49. The third-order valence-corrected chi connectivity index (χ3v) is 9.68. The first kappa shape index (κ1) is 41.4. The van der Waals surface area contributed by atoms with Gasteiger partial charge in [0, 0.05) is 127 Å². The molecule has 2 amide bonds. The predicted octanol–water partition coefficient (Wildman–Crippen LogP) is 3.74. The van der Waals surface area contributed by atoms with Crippen molar-refractivity contribution in [3.8, 4) is 5.75 Å². The van der Waals surface area contributed by atoms with Gasteiger partial charge in [0.1, 0.15) is 11.9 Å². The van der Waals surface area contributed by atoms with E-state index >= 15 is 0 Å². The van der Waals surface area contributed by atoms with Crippen LogP contribution in [0.25, 0.3) is 5.57 Å². The Labute approximate surface area is 320 Å². The van der Waals surface area contributed by atoms with Crippen LogP contribution in [0.2, 0.25) is 0 Å². The zero-order chi connectivity index (χ0) is 37.0. The van der Waals surface area contributed by atoms with Crippen LogP contribution in [0.1, 0.15) is 63.9 Å². The quantitative estimate of drug-likeness (QED) is 0.171. The number of likely N-dealkylation sites (N-methyl/N-ethyl adjacent to an activating group) is 1. The SMILES string of the molecule is CN(C)C1=CC2Oc3cc(N(C)C)ccc3C(c3ccc(C(=O)NCCCCCCNCCC(=O)N4CCNCCNCC4)cc3C(=O)O)=C2C=C1.Cl. The zero-order valence-electron chi connectivity index (χ0n) is 31.5. The van der Waals surface area contributed by atoms with Gasteiger partial charge in [-0.3, -0.25) is 9.59 Å². The number of hydrogen-bond donors (Lipinski definition) is 5. The van der Waals surface area contributed by atoms with E-state index in [0.29, 0.717) is 36.4 Å². The van der Waals surface area contributed by atoms with Crippen molar-refractivity contribution in [2.75, 3.05) is 92.0 Å². The Morgan fingerprint density at radius 3 is 2.23 bits per heavy atom. The topological polar surface area (TPSA) is 139 Å². The first-order valence-corrected chi connectivity index (χ1v) is 18.5. The molecular formula is C40H56ClN7O5. The van der Waals surface area contributed by atoms with Crippen LogP contribution in [0.3, 0.4) is 0 Å². The molecule has 2 aromatic rings. The van der Waals surface area contributed by atoms with Crippen LogP contribution in [-0.4, -0.2) is 126 Å². The molecule has 1 atom stereocenters. The van der Waals surface area contributed by atoms with Gasteiger partial charge in [-0.25, -0.2) is 4.79 Å². The standard InChI is InChI=1S/C40H55N7O5.ClH/c1-45(2)29-10-13-32-35(26-29)52-36-27-30(46(3)4)11-14-33(36)38(32)31-12-9-28(25-34(31)40(50)51)39(49)44-17-8-6-5-7-16-41-18-15-37(48)47-23-21-42-19-20-43-22-24-47;/h9-14,25-27,35,41-43H,5-8,15-24H2,1-4H3,(H,44,49)(H,50,51);1H. The molecule has 1 saturated heterocycles. The number of nitrogens with zero attached hydrogens (tertiary/aromatic N) is 3. The van der Waals surface area contributed by atoms with Gasteiger partial charge in [-0.05, 0) is 61.4 Å². The summed E-state index contributed by atoms with van der Waals surface area (Å²) in [6, 6.07) is 10.9. The van der Waals surface area contributed by atoms with Gasteiger partial charge in [-0.1, -0.05) is 25.0 Å². The summed E-state index contributed by atoms with van der Waals surface area (Å²) in [6.07, 6.45) is 9.93. The Kier molecular flexibility index (Phi) is 15.8. The van der Waals surface area contributed by atoms with Crippen molar-refractivity contribution in [2.24, 2.45) is 0 Å². The lowest BCUT2D eigenvalue weighted by Gasteiger charge is -2.33. The Morgan fingerprint density at radius 2 is 1.55 bits per heavy atom. The molecule has 1 aliphatic carbocycles. The number of unbranched alkanes of at least 4 members (excludes halogenated alkanes) is 3. The fourth-order valence-corrected chi connectivity index (χ4v) is 6.69. The number of carboxylic acid groups (broad SMARTS) is 1. The number of benzene rings is 2. The third-order valence-electron chi connectivity index (χ3n) is 9.68. The Balaban J connectivity index is 0.00000627. The molecule has 1 fully saturated rings. The van der Waals surface area contributed by atoms with Crippen LogP contribution < -0.4 is 30.9 Å². The molecule has 2 aliphatic heterocycles. The van der Waals surface area contributed by atoms with Crippen molar-refractivity contribution >= 4 is 41.5 Å². The van der Waals surface area contributed by atoms with Crippen LogP contribution >= 0.6 is 12.4 Å². The molecule has 13 heteroatoms. The average molecular weight is 750 g/mol. The van der Waals surface area contributed by atoms with Crippen LogP contribution in [0.5, 0.6) is 5.75 Å². The van der Waals surface area contributed by atoms with Crippen molar-refractivity contribution in [3.05, 3.63) is 88.2 Å². The van der Waals surface area contributed by atoms with E-state index < -0.39 is 12.1 Å². The zero-order valence-corrected chi connectivity index (χ0v) is 32.3. The number of amides is 2. The summed E-state index contributed by atoms with van der Waals surface area (Å²) in [5.41, 5.74) is 5.34. The Hall–Kier alpha value is -4.36. The van der Waals surface area contributed by atoms with E-state index in [1.165, 1.54) is 6.07 Å². The van der Waals surface area contributed by atoms with Gasteiger partial charge in [0.25, 0.3) is 5.91 Å². The van der Waals surface area contributed by atoms with Crippen LogP contribution in [-0.2, 0) is 4.79 Å². The second-order valence-electron chi connectivity index (χ2n) is 13.9. The fourth-order valence-electron chi connectivity index (χ4n) is 6.69. The number of carbonyl (C=O) groups excluding carboxylic acids is 2. The number of nitrogens with one attached hydrogen (secondary N) is 4. The van der Waals surface area contributed by atoms with Crippen molar-refractivity contribution < 1.29 is 24.2 Å². The highest BCUT2D eigenvalue weighted by molar-refractivity contribution is 6.03. The van der Waals surface area contributed by atoms with E-state index in [4.69, 9.17) is 4.74 Å². The number of fused-ring (bicyclic) bond motifs is 2. The van der Waals surface area contributed by atoms with E-state index in [2.05, 4.69) is 21.3 Å². The summed E-state index contributed by atoms with van der Waals surface area (Å²) in [4.78, 5) is 44.4. The highest BCUT2D eigenvalue weighted by Gasteiger charge is 2.32.